The number of amides is 1. The molecule has 1 amide bonds. The molecule has 1 aromatic carbocycles. The molecule has 1 fully saturated rings. The number of benzene rings is 1. The molecule has 156 valence electrons. The summed E-state index contributed by atoms with van der Waals surface area (Å²) in [5.41, 5.74) is 3.64. The highest BCUT2D eigenvalue weighted by atomic mass is 16.6. The number of aromatic nitrogens is 2. The van der Waals surface area contributed by atoms with Crippen LogP contribution in [0.2, 0.25) is 0 Å². The van der Waals surface area contributed by atoms with Gasteiger partial charge in [0, 0.05) is 31.8 Å². The highest BCUT2D eigenvalue weighted by Gasteiger charge is 2.34. The molecular weight excluding hydrogens is 380 g/mol. The Kier molecular flexibility index (Phi) is 6.62. The predicted molar refractivity (Wildman–Crippen MR) is 115 cm³/mol. The van der Waals surface area contributed by atoms with Crippen molar-refractivity contribution in [3.05, 3.63) is 46.6 Å². The number of hydrogen-bond acceptors (Lipinski definition) is 6. The van der Waals surface area contributed by atoms with Gasteiger partial charge in [-0.25, -0.2) is 14.8 Å². The average Bonchev–Trinajstić information content (AvgIpc) is 3.10. The van der Waals surface area contributed by atoms with Gasteiger partial charge in [-0.1, -0.05) is 31.2 Å². The van der Waals surface area contributed by atoms with Crippen molar-refractivity contribution >= 4 is 24.2 Å². The Bertz CT molecular complexity index is 978. The van der Waals surface area contributed by atoms with Gasteiger partial charge in [-0.15, -0.1) is 0 Å². The number of nitrogens with zero attached hydrogens (tertiary/aromatic N) is 6. The molecule has 0 aliphatic carbocycles. The molecule has 1 atom stereocenters. The number of carbonyl (C=O) groups excluding carboxylic acids is 1. The Labute approximate surface area is 176 Å². The predicted octanol–water partition coefficient (Wildman–Crippen LogP) is 3.40. The first-order valence-electron chi connectivity index (χ1n) is 9.92. The van der Waals surface area contributed by atoms with E-state index in [4.69, 9.17) is 10.00 Å². The number of ether oxygens (including phenoxy) is 1. The summed E-state index contributed by atoms with van der Waals surface area (Å²) in [6.07, 6.45) is 2.76. The average molecular weight is 406 g/mol. The van der Waals surface area contributed by atoms with Crippen molar-refractivity contribution in [3.8, 4) is 6.07 Å². The van der Waals surface area contributed by atoms with Crippen molar-refractivity contribution in [2.75, 3.05) is 25.5 Å². The van der Waals surface area contributed by atoms with Crippen molar-refractivity contribution < 1.29 is 9.53 Å². The standard InChI is InChI=1S/C22H26N6O2/c1-5-18-13-28(22(29)30-18)20-19(12-17-8-6-16(7-9-17)10-11-23)15(2)25-21(26-20)24-14-27(3)4/h6-9,14,18H,5,10,12-13H2,1-4H3/t18-/m0/s1. The van der Waals surface area contributed by atoms with Gasteiger partial charge in [-0.05, 0) is 24.5 Å². The molecule has 1 aliphatic heterocycles. The van der Waals surface area contributed by atoms with Gasteiger partial charge in [0.15, 0.2) is 0 Å². The molecule has 8 nitrogen and oxygen atoms in total. The molecule has 0 unspecified atom stereocenters. The zero-order valence-corrected chi connectivity index (χ0v) is 17.8. The van der Waals surface area contributed by atoms with Crippen molar-refractivity contribution in [2.45, 2.75) is 39.2 Å². The van der Waals surface area contributed by atoms with Gasteiger partial charge in [0.2, 0.25) is 0 Å². The number of aryl methyl sites for hydroxylation is 1. The van der Waals surface area contributed by atoms with Crippen LogP contribution in [0, 0.1) is 18.3 Å². The lowest BCUT2D eigenvalue weighted by molar-refractivity contribution is 0.139. The van der Waals surface area contributed by atoms with Gasteiger partial charge in [-0.2, -0.15) is 10.2 Å². The van der Waals surface area contributed by atoms with Gasteiger partial charge >= 0.3 is 6.09 Å². The summed E-state index contributed by atoms with van der Waals surface area (Å²) >= 11 is 0. The van der Waals surface area contributed by atoms with E-state index in [-0.39, 0.29) is 6.10 Å². The maximum atomic E-state index is 12.5. The second kappa shape index (κ2) is 9.35. The Hall–Kier alpha value is -3.47. The van der Waals surface area contributed by atoms with E-state index in [1.54, 1.807) is 16.1 Å². The number of carbonyl (C=O) groups is 1. The Balaban J connectivity index is 2.00. The van der Waals surface area contributed by atoms with E-state index in [0.29, 0.717) is 31.2 Å². The normalized spacial score (nSPS) is 16.0. The minimum atomic E-state index is -0.395. The van der Waals surface area contributed by atoms with E-state index >= 15 is 0 Å². The fourth-order valence-corrected chi connectivity index (χ4v) is 3.20. The van der Waals surface area contributed by atoms with Crippen LogP contribution in [0.1, 0.15) is 35.7 Å². The quantitative estimate of drug-likeness (QED) is 0.517. The number of rotatable bonds is 7. The molecule has 2 aromatic rings. The highest BCUT2D eigenvalue weighted by Crippen LogP contribution is 2.30. The van der Waals surface area contributed by atoms with Gasteiger partial charge in [0.1, 0.15) is 11.9 Å². The van der Waals surface area contributed by atoms with E-state index in [9.17, 15) is 4.79 Å². The molecule has 1 aliphatic rings. The van der Waals surface area contributed by atoms with Gasteiger partial charge in [0.25, 0.3) is 5.95 Å². The summed E-state index contributed by atoms with van der Waals surface area (Å²) < 4.78 is 5.45. The second-order valence-corrected chi connectivity index (χ2v) is 7.47. The summed E-state index contributed by atoms with van der Waals surface area (Å²) in [5, 5.41) is 8.86. The van der Waals surface area contributed by atoms with E-state index < -0.39 is 6.09 Å². The first-order valence-corrected chi connectivity index (χ1v) is 9.92. The van der Waals surface area contributed by atoms with Crippen LogP contribution in [0.25, 0.3) is 0 Å². The number of aliphatic imine (C=N–C) groups is 1. The van der Waals surface area contributed by atoms with E-state index in [1.165, 1.54) is 0 Å². The topological polar surface area (TPSA) is 94.7 Å². The van der Waals surface area contributed by atoms with Crippen molar-refractivity contribution in [3.63, 3.8) is 0 Å². The van der Waals surface area contributed by atoms with Crippen molar-refractivity contribution in [1.29, 1.82) is 5.26 Å². The summed E-state index contributed by atoms with van der Waals surface area (Å²) in [5.74, 6) is 0.840. The molecule has 0 spiro atoms. The SMILES string of the molecule is CC[C@H]1CN(c2nc(N=CN(C)C)nc(C)c2Cc2ccc(CC#N)cc2)C(=O)O1. The summed E-state index contributed by atoms with van der Waals surface area (Å²) in [6.45, 7) is 4.35. The molecule has 3 rings (SSSR count). The summed E-state index contributed by atoms with van der Waals surface area (Å²) in [6, 6.07) is 10.0. The maximum absolute atomic E-state index is 12.5. The van der Waals surface area contributed by atoms with Crippen molar-refractivity contribution in [1.82, 2.24) is 14.9 Å². The number of nitriles is 1. The largest absolute Gasteiger partial charge is 0.444 e. The van der Waals surface area contributed by atoms with Crippen LogP contribution in [-0.4, -0.2) is 54.0 Å². The minimum Gasteiger partial charge on any atom is -0.444 e. The zero-order valence-electron chi connectivity index (χ0n) is 17.8. The van der Waals surface area contributed by atoms with Crippen LogP contribution in [0.4, 0.5) is 16.6 Å². The Morgan fingerprint density at radius 3 is 2.60 bits per heavy atom. The van der Waals surface area contributed by atoms with Gasteiger partial charge in [-0.3, -0.25) is 4.90 Å². The van der Waals surface area contributed by atoms with Crippen LogP contribution >= 0.6 is 0 Å². The Morgan fingerprint density at radius 2 is 2.00 bits per heavy atom. The van der Waals surface area contributed by atoms with Gasteiger partial charge in [0.05, 0.1) is 25.4 Å². The van der Waals surface area contributed by atoms with Crippen LogP contribution in [0.3, 0.4) is 0 Å². The fourth-order valence-electron chi connectivity index (χ4n) is 3.20. The summed E-state index contributed by atoms with van der Waals surface area (Å²) in [4.78, 5) is 29.3. The molecule has 0 bridgehead atoms. The lowest BCUT2D eigenvalue weighted by atomic mass is 10.0. The fraction of sp³-hybridized carbons (Fsp3) is 0.409. The third-order valence-electron chi connectivity index (χ3n) is 4.86. The second-order valence-electron chi connectivity index (χ2n) is 7.47. The molecule has 1 aromatic heterocycles. The molecular formula is C22H26N6O2. The lowest BCUT2D eigenvalue weighted by Crippen LogP contribution is -2.27. The van der Waals surface area contributed by atoms with E-state index in [2.05, 4.69) is 21.0 Å². The Morgan fingerprint density at radius 1 is 1.30 bits per heavy atom. The van der Waals surface area contributed by atoms with Crippen LogP contribution in [0.15, 0.2) is 29.3 Å². The molecule has 0 radical (unpaired) electrons. The third-order valence-corrected chi connectivity index (χ3v) is 4.86. The molecule has 8 heteroatoms. The first-order chi connectivity index (χ1) is 14.4. The smallest absolute Gasteiger partial charge is 0.415 e. The molecule has 30 heavy (non-hydrogen) atoms. The monoisotopic (exact) mass is 406 g/mol. The lowest BCUT2D eigenvalue weighted by Gasteiger charge is -2.18. The number of anilines is 1. The molecule has 0 N–H and O–H groups in total. The minimum absolute atomic E-state index is 0.153. The third kappa shape index (κ3) is 4.92. The van der Waals surface area contributed by atoms with Crippen molar-refractivity contribution in [2.24, 2.45) is 4.99 Å². The van der Waals surface area contributed by atoms with Crippen LogP contribution < -0.4 is 4.90 Å². The molecule has 1 saturated heterocycles. The maximum Gasteiger partial charge on any atom is 0.415 e. The number of hydrogen-bond donors (Lipinski definition) is 0. The zero-order chi connectivity index (χ0) is 21.7. The van der Waals surface area contributed by atoms with E-state index in [1.807, 2.05) is 52.2 Å². The summed E-state index contributed by atoms with van der Waals surface area (Å²) in [7, 11) is 3.73. The molecule has 2 heterocycles. The van der Waals surface area contributed by atoms with Crippen LogP contribution in [-0.2, 0) is 17.6 Å². The first kappa shape index (κ1) is 21.2. The van der Waals surface area contributed by atoms with E-state index in [0.717, 1.165) is 28.8 Å². The number of cyclic esters (lactones) is 1. The van der Waals surface area contributed by atoms with Gasteiger partial charge < -0.3 is 9.64 Å². The molecule has 0 saturated carbocycles. The van der Waals surface area contributed by atoms with Crippen LogP contribution in [0.5, 0.6) is 0 Å². The highest BCUT2D eigenvalue weighted by molar-refractivity contribution is 5.89.